The third kappa shape index (κ3) is 3.05. The lowest BCUT2D eigenvalue weighted by Crippen LogP contribution is -2.55. The second-order valence-electron chi connectivity index (χ2n) is 8.17. The SMILES string of the molecule is CC(=O)NCC1CCn2ncc(C(=O)N3CCC4(CN(C)C4)C3)c2C1. The van der Waals surface area contributed by atoms with Gasteiger partial charge < -0.3 is 15.1 Å². The number of carbonyl (C=O) groups excluding carboxylic acids is 2. The van der Waals surface area contributed by atoms with E-state index in [2.05, 4.69) is 22.4 Å². The molecule has 1 aromatic rings. The van der Waals surface area contributed by atoms with Crippen molar-refractivity contribution in [2.24, 2.45) is 11.3 Å². The van der Waals surface area contributed by atoms with Crippen LogP contribution >= 0.6 is 0 Å². The highest BCUT2D eigenvalue weighted by atomic mass is 16.2. The third-order valence-electron chi connectivity index (χ3n) is 5.99. The van der Waals surface area contributed by atoms with Crippen LogP contribution < -0.4 is 5.32 Å². The smallest absolute Gasteiger partial charge is 0.257 e. The van der Waals surface area contributed by atoms with Gasteiger partial charge in [-0.2, -0.15) is 5.10 Å². The number of hydrogen-bond donors (Lipinski definition) is 1. The Morgan fingerprint density at radius 3 is 2.84 bits per heavy atom. The van der Waals surface area contributed by atoms with Crippen LogP contribution in [0.4, 0.5) is 0 Å². The molecule has 0 aromatic carbocycles. The minimum Gasteiger partial charge on any atom is -0.356 e. The van der Waals surface area contributed by atoms with Crippen molar-refractivity contribution in [2.45, 2.75) is 32.7 Å². The minimum absolute atomic E-state index is 0.00297. The number of rotatable bonds is 3. The molecule has 1 atom stereocenters. The van der Waals surface area contributed by atoms with Gasteiger partial charge in [-0.05, 0) is 32.2 Å². The molecule has 0 saturated carbocycles. The summed E-state index contributed by atoms with van der Waals surface area (Å²) in [5.41, 5.74) is 2.13. The van der Waals surface area contributed by atoms with Gasteiger partial charge in [0, 0.05) is 51.6 Å². The van der Waals surface area contributed by atoms with Gasteiger partial charge in [0.1, 0.15) is 0 Å². The molecule has 0 bridgehead atoms. The lowest BCUT2D eigenvalue weighted by atomic mass is 9.79. The fourth-order valence-electron chi connectivity index (χ4n) is 4.78. The lowest BCUT2D eigenvalue weighted by molar-refractivity contribution is -0.119. The molecular formula is C18H27N5O2. The van der Waals surface area contributed by atoms with E-state index in [4.69, 9.17) is 0 Å². The molecule has 1 spiro atoms. The largest absolute Gasteiger partial charge is 0.356 e. The summed E-state index contributed by atoms with van der Waals surface area (Å²) in [6.45, 7) is 6.96. The fourth-order valence-corrected chi connectivity index (χ4v) is 4.78. The van der Waals surface area contributed by atoms with Gasteiger partial charge in [0.2, 0.25) is 5.91 Å². The molecule has 7 nitrogen and oxygen atoms in total. The minimum atomic E-state index is 0.00297. The number of nitrogens with zero attached hydrogens (tertiary/aromatic N) is 4. The zero-order valence-electron chi connectivity index (χ0n) is 15.1. The Labute approximate surface area is 148 Å². The van der Waals surface area contributed by atoms with Gasteiger partial charge in [-0.3, -0.25) is 14.3 Å². The summed E-state index contributed by atoms with van der Waals surface area (Å²) in [4.78, 5) is 28.5. The van der Waals surface area contributed by atoms with Crippen LogP contribution in [0.25, 0.3) is 0 Å². The lowest BCUT2D eigenvalue weighted by Gasteiger charge is -2.46. The number of amides is 2. The molecule has 1 unspecified atom stereocenters. The zero-order valence-corrected chi connectivity index (χ0v) is 15.1. The van der Waals surface area contributed by atoms with Gasteiger partial charge in [0.25, 0.3) is 5.91 Å². The molecule has 0 radical (unpaired) electrons. The highest BCUT2D eigenvalue weighted by Crippen LogP contribution is 2.39. The summed E-state index contributed by atoms with van der Waals surface area (Å²) in [5, 5.41) is 7.34. The summed E-state index contributed by atoms with van der Waals surface area (Å²) >= 11 is 0. The van der Waals surface area contributed by atoms with Crippen LogP contribution in [0.1, 0.15) is 35.8 Å². The molecule has 3 aliphatic rings. The molecule has 3 aliphatic heterocycles. The van der Waals surface area contributed by atoms with E-state index in [1.54, 1.807) is 13.1 Å². The first kappa shape index (κ1) is 16.6. The van der Waals surface area contributed by atoms with Crippen molar-refractivity contribution in [3.05, 3.63) is 17.5 Å². The van der Waals surface area contributed by atoms with Gasteiger partial charge in [-0.15, -0.1) is 0 Å². The topological polar surface area (TPSA) is 70.5 Å². The average molecular weight is 345 g/mol. The molecule has 2 amide bonds. The van der Waals surface area contributed by atoms with E-state index in [0.717, 1.165) is 63.2 Å². The third-order valence-corrected chi connectivity index (χ3v) is 5.99. The number of nitrogens with one attached hydrogen (secondary N) is 1. The molecule has 4 rings (SSSR count). The normalized spacial score (nSPS) is 24.9. The molecule has 2 saturated heterocycles. The van der Waals surface area contributed by atoms with Gasteiger partial charge in [-0.1, -0.05) is 0 Å². The van der Waals surface area contributed by atoms with E-state index in [9.17, 15) is 9.59 Å². The maximum atomic E-state index is 13.1. The highest BCUT2D eigenvalue weighted by Gasteiger charge is 2.47. The first-order valence-electron chi connectivity index (χ1n) is 9.23. The summed E-state index contributed by atoms with van der Waals surface area (Å²) < 4.78 is 1.97. The maximum Gasteiger partial charge on any atom is 0.257 e. The van der Waals surface area contributed by atoms with Crippen LogP contribution in [0.15, 0.2) is 6.20 Å². The zero-order chi connectivity index (χ0) is 17.6. The molecule has 4 heterocycles. The second kappa shape index (κ2) is 6.12. The van der Waals surface area contributed by atoms with E-state index in [-0.39, 0.29) is 11.8 Å². The van der Waals surface area contributed by atoms with Crippen molar-refractivity contribution < 1.29 is 9.59 Å². The monoisotopic (exact) mass is 345 g/mol. The molecule has 7 heteroatoms. The van der Waals surface area contributed by atoms with Crippen molar-refractivity contribution in [2.75, 3.05) is 39.8 Å². The summed E-state index contributed by atoms with van der Waals surface area (Å²) in [5.74, 6) is 0.515. The van der Waals surface area contributed by atoms with Crippen molar-refractivity contribution >= 4 is 11.8 Å². The van der Waals surface area contributed by atoms with Crippen molar-refractivity contribution in [3.8, 4) is 0 Å². The van der Waals surface area contributed by atoms with E-state index in [0.29, 0.717) is 17.9 Å². The summed E-state index contributed by atoms with van der Waals surface area (Å²) in [6, 6.07) is 0. The summed E-state index contributed by atoms with van der Waals surface area (Å²) in [6.07, 6.45) is 4.65. The number of aromatic nitrogens is 2. The van der Waals surface area contributed by atoms with Crippen LogP contribution in [-0.2, 0) is 17.8 Å². The molecular weight excluding hydrogens is 318 g/mol. The molecule has 2 fully saturated rings. The Morgan fingerprint density at radius 1 is 1.32 bits per heavy atom. The number of likely N-dealkylation sites (tertiary alicyclic amines) is 2. The highest BCUT2D eigenvalue weighted by molar-refractivity contribution is 5.95. The fraction of sp³-hybridized carbons (Fsp3) is 0.722. The van der Waals surface area contributed by atoms with Crippen molar-refractivity contribution in [1.29, 1.82) is 0 Å². The van der Waals surface area contributed by atoms with E-state index < -0.39 is 0 Å². The van der Waals surface area contributed by atoms with Crippen LogP contribution in [0.2, 0.25) is 0 Å². The Bertz CT molecular complexity index is 692. The quantitative estimate of drug-likeness (QED) is 0.859. The van der Waals surface area contributed by atoms with Gasteiger partial charge in [0.15, 0.2) is 0 Å². The maximum absolute atomic E-state index is 13.1. The number of aryl methyl sites for hydroxylation is 1. The average Bonchev–Trinajstić information content (AvgIpc) is 3.16. The Hall–Kier alpha value is -1.89. The first-order chi connectivity index (χ1) is 12.0. The number of hydrogen-bond acceptors (Lipinski definition) is 4. The molecule has 25 heavy (non-hydrogen) atoms. The standard InChI is InChI=1S/C18H27N5O2/c1-13(24)19-8-14-3-5-23-16(7-14)15(9-20-23)17(25)22-6-4-18(12-22)10-21(2)11-18/h9,14H,3-8,10-12H2,1-2H3,(H,19,24). The van der Waals surface area contributed by atoms with Gasteiger partial charge in [-0.25, -0.2) is 0 Å². The van der Waals surface area contributed by atoms with Crippen molar-refractivity contribution in [3.63, 3.8) is 0 Å². The van der Waals surface area contributed by atoms with Crippen LogP contribution in [-0.4, -0.2) is 71.2 Å². The second-order valence-corrected chi connectivity index (χ2v) is 8.17. The number of fused-ring (bicyclic) bond motifs is 1. The molecule has 1 N–H and O–H groups in total. The van der Waals surface area contributed by atoms with Crippen LogP contribution in [0, 0.1) is 11.3 Å². The van der Waals surface area contributed by atoms with Crippen molar-refractivity contribution in [1.82, 2.24) is 24.9 Å². The van der Waals surface area contributed by atoms with E-state index in [1.165, 1.54) is 0 Å². The molecule has 0 aliphatic carbocycles. The Kier molecular flexibility index (Phi) is 4.06. The molecule has 136 valence electrons. The predicted molar refractivity (Wildman–Crippen MR) is 93.2 cm³/mol. The number of carbonyl (C=O) groups is 2. The predicted octanol–water partition coefficient (Wildman–Crippen LogP) is 0.359. The van der Waals surface area contributed by atoms with Gasteiger partial charge >= 0.3 is 0 Å². The van der Waals surface area contributed by atoms with E-state index in [1.807, 2.05) is 9.58 Å². The van der Waals surface area contributed by atoms with Crippen LogP contribution in [0.3, 0.4) is 0 Å². The first-order valence-corrected chi connectivity index (χ1v) is 9.23. The summed E-state index contributed by atoms with van der Waals surface area (Å²) in [7, 11) is 2.14. The van der Waals surface area contributed by atoms with E-state index >= 15 is 0 Å². The van der Waals surface area contributed by atoms with Gasteiger partial charge in [0.05, 0.1) is 17.5 Å². The Morgan fingerprint density at radius 2 is 2.12 bits per heavy atom. The van der Waals surface area contributed by atoms with Crippen LogP contribution in [0.5, 0.6) is 0 Å². The Balaban J connectivity index is 1.45. The molecule has 1 aromatic heterocycles.